The minimum atomic E-state index is -0.0740. The van der Waals surface area contributed by atoms with E-state index in [0.29, 0.717) is 8.58 Å². The Morgan fingerprint density at radius 2 is 1.69 bits per heavy atom. The van der Waals surface area contributed by atoms with Crippen LogP contribution in [-0.2, 0) is 16.4 Å². The van der Waals surface area contributed by atoms with Crippen LogP contribution in [0, 0.1) is 0 Å². The third-order valence-electron chi connectivity index (χ3n) is 5.06. The van der Waals surface area contributed by atoms with E-state index >= 15 is 0 Å². The highest BCUT2D eigenvalue weighted by Crippen LogP contribution is 2.50. The number of para-hydroxylation sites is 1. The van der Waals surface area contributed by atoms with Crippen molar-refractivity contribution >= 4 is 13.9 Å². The Kier molecular flexibility index (Phi) is 8.51. The van der Waals surface area contributed by atoms with E-state index in [1.54, 1.807) is 14.2 Å². The monoisotopic (exact) mass is 417 g/mol. The number of benzene rings is 2. The topological polar surface area (TPSA) is 39.7 Å². The van der Waals surface area contributed by atoms with Gasteiger partial charge in [0.1, 0.15) is 0 Å². The van der Waals surface area contributed by atoms with Crippen LogP contribution >= 0.6 is 8.58 Å². The van der Waals surface area contributed by atoms with Crippen LogP contribution in [-0.4, -0.2) is 26.6 Å². The maximum atomic E-state index is 5.96. The molecule has 0 aliphatic heterocycles. The molecule has 0 aromatic heterocycles. The molecule has 2 unspecified atom stereocenters. The van der Waals surface area contributed by atoms with E-state index in [4.69, 9.17) is 14.2 Å². The van der Waals surface area contributed by atoms with Crippen molar-refractivity contribution in [3.05, 3.63) is 53.6 Å². The van der Waals surface area contributed by atoms with Crippen molar-refractivity contribution in [3.8, 4) is 11.5 Å². The Labute approximate surface area is 178 Å². The average Bonchev–Trinajstić information content (AvgIpc) is 2.70. The molecule has 1 N–H and O–H groups in total. The Bertz CT molecular complexity index is 788. The van der Waals surface area contributed by atoms with Crippen LogP contribution in [0.25, 0.3) is 0 Å². The second-order valence-electron chi connectivity index (χ2n) is 8.46. The fourth-order valence-electron chi connectivity index (χ4n) is 3.18. The minimum Gasteiger partial charge on any atom is -0.493 e. The molecular formula is C24H36NO3P. The Morgan fingerprint density at radius 3 is 2.31 bits per heavy atom. The first-order chi connectivity index (χ1) is 13.7. The standard InChI is InChI=1S/C24H36NO3P/c1-8-24(5,19-13-11-14-20(27-7)22(19)28-17-26-6)29-21-15-10-9-12-18(21)16-25-23(2,3)4/h9-15,25,29H,8,16-17H2,1-7H3. The Morgan fingerprint density at radius 1 is 0.966 bits per heavy atom. The van der Waals surface area contributed by atoms with Crippen molar-refractivity contribution in [1.82, 2.24) is 5.32 Å². The van der Waals surface area contributed by atoms with Gasteiger partial charge in [0.05, 0.1) is 7.11 Å². The number of rotatable bonds is 10. The first kappa shape index (κ1) is 23.7. The van der Waals surface area contributed by atoms with Crippen LogP contribution in [0.4, 0.5) is 0 Å². The molecule has 0 bridgehead atoms. The SMILES string of the molecule is CCC(C)(Pc1ccccc1CNC(C)(C)C)c1cccc(OC)c1OCOC. The molecular weight excluding hydrogens is 381 g/mol. The molecule has 0 amide bonds. The van der Waals surface area contributed by atoms with Gasteiger partial charge in [-0.1, -0.05) is 58.8 Å². The first-order valence-corrected chi connectivity index (χ1v) is 11.1. The van der Waals surface area contributed by atoms with Crippen molar-refractivity contribution in [3.63, 3.8) is 0 Å². The zero-order valence-corrected chi connectivity index (χ0v) is 19.9. The summed E-state index contributed by atoms with van der Waals surface area (Å²) in [5.41, 5.74) is 2.59. The number of nitrogens with one attached hydrogen (secondary N) is 1. The van der Waals surface area contributed by atoms with E-state index in [2.05, 4.69) is 70.3 Å². The first-order valence-electron chi connectivity index (χ1n) is 10.1. The van der Waals surface area contributed by atoms with Crippen molar-refractivity contribution in [2.75, 3.05) is 21.0 Å². The van der Waals surface area contributed by atoms with Crippen molar-refractivity contribution in [2.24, 2.45) is 0 Å². The molecule has 0 saturated carbocycles. The quantitative estimate of drug-likeness (QED) is 0.426. The fourth-order valence-corrected chi connectivity index (χ4v) is 4.79. The van der Waals surface area contributed by atoms with Gasteiger partial charge in [-0.3, -0.25) is 0 Å². The molecule has 29 heavy (non-hydrogen) atoms. The third-order valence-corrected chi connectivity index (χ3v) is 6.99. The summed E-state index contributed by atoms with van der Waals surface area (Å²) < 4.78 is 16.7. The summed E-state index contributed by atoms with van der Waals surface area (Å²) in [6, 6.07) is 14.9. The molecule has 0 radical (unpaired) electrons. The fraction of sp³-hybridized carbons (Fsp3) is 0.500. The van der Waals surface area contributed by atoms with Gasteiger partial charge >= 0.3 is 0 Å². The van der Waals surface area contributed by atoms with Gasteiger partial charge < -0.3 is 19.5 Å². The molecule has 2 atom stereocenters. The Hall–Kier alpha value is -1.61. The van der Waals surface area contributed by atoms with Crippen LogP contribution in [0.5, 0.6) is 11.5 Å². The molecule has 0 saturated heterocycles. The van der Waals surface area contributed by atoms with Crippen LogP contribution in [0.3, 0.4) is 0 Å². The molecule has 0 fully saturated rings. The van der Waals surface area contributed by atoms with E-state index in [1.807, 2.05) is 12.1 Å². The van der Waals surface area contributed by atoms with Crippen molar-refractivity contribution in [1.29, 1.82) is 0 Å². The molecule has 2 aromatic carbocycles. The summed E-state index contributed by atoms with van der Waals surface area (Å²) in [6.45, 7) is 12.2. The molecule has 0 heterocycles. The third kappa shape index (κ3) is 6.44. The van der Waals surface area contributed by atoms with Crippen LogP contribution in [0.1, 0.15) is 52.2 Å². The number of hydrogen-bond acceptors (Lipinski definition) is 4. The normalized spacial score (nSPS) is 14.2. The largest absolute Gasteiger partial charge is 0.493 e. The van der Waals surface area contributed by atoms with Gasteiger partial charge in [-0.05, 0) is 44.1 Å². The van der Waals surface area contributed by atoms with E-state index in [0.717, 1.165) is 30.0 Å². The van der Waals surface area contributed by atoms with Gasteiger partial charge in [-0.25, -0.2) is 0 Å². The smallest absolute Gasteiger partial charge is 0.188 e. The summed E-state index contributed by atoms with van der Waals surface area (Å²) in [4.78, 5) is 0. The van der Waals surface area contributed by atoms with Gasteiger partial charge in [0.25, 0.3) is 0 Å². The highest BCUT2D eigenvalue weighted by atomic mass is 31.1. The lowest BCUT2D eigenvalue weighted by atomic mass is 9.96. The molecule has 4 nitrogen and oxygen atoms in total. The second-order valence-corrected chi connectivity index (χ2v) is 10.4. The lowest BCUT2D eigenvalue weighted by molar-refractivity contribution is 0.0480. The summed E-state index contributed by atoms with van der Waals surface area (Å²) in [5.74, 6) is 1.52. The van der Waals surface area contributed by atoms with Crippen LogP contribution in [0.2, 0.25) is 0 Å². The lowest BCUT2D eigenvalue weighted by Crippen LogP contribution is -2.36. The zero-order chi connectivity index (χ0) is 21.5. The van der Waals surface area contributed by atoms with Gasteiger partial charge in [0.2, 0.25) is 0 Å². The van der Waals surface area contributed by atoms with Gasteiger partial charge in [0, 0.05) is 29.9 Å². The molecule has 2 rings (SSSR count). The van der Waals surface area contributed by atoms with Gasteiger partial charge in [0.15, 0.2) is 18.3 Å². The highest BCUT2D eigenvalue weighted by Gasteiger charge is 2.31. The average molecular weight is 418 g/mol. The summed E-state index contributed by atoms with van der Waals surface area (Å²) in [7, 11) is 3.91. The number of hydrogen-bond donors (Lipinski definition) is 1. The Balaban J connectivity index is 2.41. The maximum absolute atomic E-state index is 5.96. The van der Waals surface area contributed by atoms with E-state index in [-0.39, 0.29) is 17.5 Å². The molecule has 0 spiro atoms. The molecule has 0 aliphatic rings. The van der Waals surface area contributed by atoms with Crippen LogP contribution < -0.4 is 20.1 Å². The lowest BCUT2D eigenvalue weighted by Gasteiger charge is -2.32. The molecule has 160 valence electrons. The van der Waals surface area contributed by atoms with Crippen LogP contribution in [0.15, 0.2) is 42.5 Å². The second kappa shape index (κ2) is 10.4. The highest BCUT2D eigenvalue weighted by molar-refractivity contribution is 7.48. The number of ether oxygens (including phenoxy) is 3. The zero-order valence-electron chi connectivity index (χ0n) is 18.9. The van der Waals surface area contributed by atoms with E-state index < -0.39 is 0 Å². The van der Waals surface area contributed by atoms with E-state index in [1.165, 1.54) is 10.9 Å². The predicted molar refractivity (Wildman–Crippen MR) is 124 cm³/mol. The van der Waals surface area contributed by atoms with Crippen molar-refractivity contribution < 1.29 is 14.2 Å². The van der Waals surface area contributed by atoms with Gasteiger partial charge in [-0.2, -0.15) is 0 Å². The van der Waals surface area contributed by atoms with E-state index in [9.17, 15) is 0 Å². The molecule has 5 heteroatoms. The summed E-state index contributed by atoms with van der Waals surface area (Å²) in [6.07, 6.45) is 0.989. The molecule has 0 aliphatic carbocycles. The minimum absolute atomic E-state index is 0.0740. The summed E-state index contributed by atoms with van der Waals surface area (Å²) in [5, 5.41) is 4.93. The summed E-state index contributed by atoms with van der Waals surface area (Å²) >= 11 is 0. The van der Waals surface area contributed by atoms with Gasteiger partial charge in [-0.15, -0.1) is 0 Å². The van der Waals surface area contributed by atoms with Crippen molar-refractivity contribution in [2.45, 2.75) is 58.3 Å². The predicted octanol–water partition coefficient (Wildman–Crippen LogP) is 5.20. The number of methoxy groups -OCH3 is 2. The maximum Gasteiger partial charge on any atom is 0.188 e. The molecule has 2 aromatic rings.